The Labute approximate surface area is 155 Å². The molecule has 0 saturated carbocycles. The van der Waals surface area contributed by atoms with E-state index in [1.54, 1.807) is 6.07 Å². The molecule has 0 bridgehead atoms. The molecule has 4 heteroatoms. The monoisotopic (exact) mass is 354 g/mol. The minimum absolute atomic E-state index is 0.150. The van der Waals surface area contributed by atoms with Gasteiger partial charge in [0.15, 0.2) is 0 Å². The second-order valence-corrected chi connectivity index (χ2v) is 7.50. The lowest BCUT2D eigenvalue weighted by atomic mass is 9.91. The minimum atomic E-state index is -0.150. The number of rotatable bonds is 4. The Kier molecular flexibility index (Phi) is 5.61. The molecule has 26 heavy (non-hydrogen) atoms. The maximum Gasteiger partial charge on any atom is 0.126 e. The molecule has 2 aliphatic rings. The van der Waals surface area contributed by atoms with Crippen LogP contribution >= 0.6 is 0 Å². The van der Waals surface area contributed by atoms with Gasteiger partial charge < -0.3 is 4.74 Å². The number of ether oxygens (including phenoxy) is 1. The zero-order valence-electron chi connectivity index (χ0n) is 15.2. The van der Waals surface area contributed by atoms with Gasteiger partial charge in [0.25, 0.3) is 0 Å². The third-order valence-corrected chi connectivity index (χ3v) is 5.74. The van der Waals surface area contributed by atoms with Crippen LogP contribution in [0, 0.1) is 5.82 Å². The van der Waals surface area contributed by atoms with E-state index in [9.17, 15) is 4.39 Å². The summed E-state index contributed by atoms with van der Waals surface area (Å²) in [5, 5.41) is 0. The third kappa shape index (κ3) is 4.13. The third-order valence-electron chi connectivity index (χ3n) is 5.74. The van der Waals surface area contributed by atoms with Gasteiger partial charge in [-0.15, -0.1) is 0 Å². The molecule has 0 N–H and O–H groups in total. The number of pyridine rings is 1. The van der Waals surface area contributed by atoms with E-state index in [0.717, 1.165) is 44.0 Å². The maximum atomic E-state index is 13.9. The molecule has 0 radical (unpaired) electrons. The molecule has 0 amide bonds. The predicted octanol–water partition coefficient (Wildman–Crippen LogP) is 4.17. The average molecular weight is 354 g/mol. The first-order chi connectivity index (χ1) is 12.8. The Bertz CT molecular complexity index is 730. The molecule has 2 aromatic rings. The van der Waals surface area contributed by atoms with Gasteiger partial charge in [0.2, 0.25) is 0 Å². The van der Waals surface area contributed by atoms with Gasteiger partial charge in [-0.25, -0.2) is 4.39 Å². The zero-order valence-corrected chi connectivity index (χ0v) is 15.2. The van der Waals surface area contributed by atoms with Crippen molar-refractivity contribution in [3.05, 3.63) is 65.2 Å². The van der Waals surface area contributed by atoms with Gasteiger partial charge in [0.1, 0.15) is 5.82 Å². The zero-order chi connectivity index (χ0) is 17.8. The Morgan fingerprint density at radius 2 is 1.88 bits per heavy atom. The van der Waals surface area contributed by atoms with Crippen molar-refractivity contribution in [3.8, 4) is 0 Å². The van der Waals surface area contributed by atoms with Crippen molar-refractivity contribution in [3.63, 3.8) is 0 Å². The van der Waals surface area contributed by atoms with Crippen LogP contribution in [0.2, 0.25) is 0 Å². The van der Waals surface area contributed by atoms with Crippen LogP contribution in [-0.2, 0) is 11.2 Å². The number of likely N-dealkylation sites (tertiary alicyclic amines) is 1. The number of aromatic nitrogens is 1. The summed E-state index contributed by atoms with van der Waals surface area (Å²) in [6, 6.07) is 13.9. The molecule has 1 aromatic carbocycles. The number of hydrogen-bond acceptors (Lipinski definition) is 3. The number of nitrogens with zero attached hydrogens (tertiary/aromatic N) is 2. The van der Waals surface area contributed by atoms with Crippen LogP contribution in [0.5, 0.6) is 0 Å². The first-order valence-electron chi connectivity index (χ1n) is 9.80. The highest BCUT2D eigenvalue weighted by Crippen LogP contribution is 2.29. The lowest BCUT2D eigenvalue weighted by molar-refractivity contribution is 0.0237. The lowest BCUT2D eigenvalue weighted by Crippen LogP contribution is -2.44. The van der Waals surface area contributed by atoms with Crippen molar-refractivity contribution in [2.75, 3.05) is 26.3 Å². The highest BCUT2D eigenvalue weighted by molar-refractivity contribution is 5.25. The molecule has 138 valence electrons. The molecular weight excluding hydrogens is 327 g/mol. The highest BCUT2D eigenvalue weighted by atomic mass is 19.1. The van der Waals surface area contributed by atoms with Crippen molar-refractivity contribution in [2.24, 2.45) is 0 Å². The summed E-state index contributed by atoms with van der Waals surface area (Å²) in [7, 11) is 0. The molecule has 1 aromatic heterocycles. The largest absolute Gasteiger partial charge is 0.381 e. The van der Waals surface area contributed by atoms with Crippen molar-refractivity contribution in [1.82, 2.24) is 9.88 Å². The average Bonchev–Trinajstić information content (AvgIpc) is 2.71. The molecule has 1 atom stereocenters. The van der Waals surface area contributed by atoms with Gasteiger partial charge in [-0.2, -0.15) is 0 Å². The van der Waals surface area contributed by atoms with Gasteiger partial charge in [0.05, 0.1) is 0 Å². The molecule has 0 aliphatic carbocycles. The predicted molar refractivity (Wildman–Crippen MR) is 101 cm³/mol. The number of piperidine rings is 1. The van der Waals surface area contributed by atoms with Crippen molar-refractivity contribution >= 4 is 0 Å². The second kappa shape index (κ2) is 8.28. The van der Waals surface area contributed by atoms with Crippen LogP contribution < -0.4 is 0 Å². The smallest absolute Gasteiger partial charge is 0.126 e. The van der Waals surface area contributed by atoms with E-state index in [1.807, 2.05) is 18.2 Å². The van der Waals surface area contributed by atoms with E-state index in [2.05, 4.69) is 17.0 Å². The molecule has 3 nitrogen and oxygen atoms in total. The summed E-state index contributed by atoms with van der Waals surface area (Å²) in [6.07, 6.45) is 5.26. The highest BCUT2D eigenvalue weighted by Gasteiger charge is 2.28. The van der Waals surface area contributed by atoms with Gasteiger partial charge in [-0.1, -0.05) is 24.3 Å². The molecule has 3 heterocycles. The Balaban J connectivity index is 1.46. The second-order valence-electron chi connectivity index (χ2n) is 7.50. The summed E-state index contributed by atoms with van der Waals surface area (Å²) in [4.78, 5) is 7.54. The minimum Gasteiger partial charge on any atom is -0.381 e. The van der Waals surface area contributed by atoms with Gasteiger partial charge in [-0.05, 0) is 56.0 Å². The van der Waals surface area contributed by atoms with Crippen LogP contribution in [-0.4, -0.2) is 42.2 Å². The molecule has 4 rings (SSSR count). The first kappa shape index (κ1) is 17.6. The van der Waals surface area contributed by atoms with Crippen LogP contribution in [0.3, 0.4) is 0 Å². The van der Waals surface area contributed by atoms with Crippen molar-refractivity contribution in [2.45, 2.75) is 44.1 Å². The molecule has 2 saturated heterocycles. The molecule has 0 unspecified atom stereocenters. The maximum absolute atomic E-state index is 13.9. The van der Waals surface area contributed by atoms with Gasteiger partial charge >= 0.3 is 0 Å². The number of hydrogen-bond donors (Lipinski definition) is 0. The van der Waals surface area contributed by atoms with E-state index in [0.29, 0.717) is 23.9 Å². The van der Waals surface area contributed by atoms with Crippen LogP contribution in [0.15, 0.2) is 42.5 Å². The summed E-state index contributed by atoms with van der Waals surface area (Å²) < 4.78 is 19.5. The quantitative estimate of drug-likeness (QED) is 0.824. The van der Waals surface area contributed by atoms with Gasteiger partial charge in [-0.3, -0.25) is 9.88 Å². The van der Waals surface area contributed by atoms with E-state index in [4.69, 9.17) is 9.72 Å². The lowest BCUT2D eigenvalue weighted by Gasteiger charge is -2.39. The standard InChI is InChI=1S/C22H27FN2O/c23-21-8-2-1-5-17(21)15-19-7-3-9-22(24-19)18-6-4-12-25(16-18)20-10-13-26-14-11-20/h1-3,5,7-9,18,20H,4,6,10-16H2/t18-/m0/s1. The number of halogens is 1. The summed E-state index contributed by atoms with van der Waals surface area (Å²) in [5.41, 5.74) is 2.83. The SMILES string of the molecule is Fc1ccccc1Cc1cccc([C@H]2CCCN(C3CCOCC3)C2)n1. The molecular formula is C22H27FN2O. The van der Waals surface area contributed by atoms with E-state index in [1.165, 1.54) is 25.5 Å². The fraction of sp³-hybridized carbons (Fsp3) is 0.500. The number of benzene rings is 1. The van der Waals surface area contributed by atoms with E-state index < -0.39 is 0 Å². The summed E-state index contributed by atoms with van der Waals surface area (Å²) >= 11 is 0. The summed E-state index contributed by atoms with van der Waals surface area (Å²) in [6.45, 7) is 4.06. The van der Waals surface area contributed by atoms with Crippen molar-refractivity contribution < 1.29 is 9.13 Å². The normalized spacial score (nSPS) is 22.4. The Morgan fingerprint density at radius 3 is 2.73 bits per heavy atom. The Morgan fingerprint density at radius 1 is 1.04 bits per heavy atom. The van der Waals surface area contributed by atoms with Crippen LogP contribution in [0.4, 0.5) is 4.39 Å². The van der Waals surface area contributed by atoms with Crippen molar-refractivity contribution in [1.29, 1.82) is 0 Å². The molecule has 2 aliphatic heterocycles. The van der Waals surface area contributed by atoms with E-state index in [-0.39, 0.29) is 5.82 Å². The van der Waals surface area contributed by atoms with Crippen LogP contribution in [0.1, 0.15) is 48.6 Å². The molecule has 2 fully saturated rings. The summed E-state index contributed by atoms with van der Waals surface area (Å²) in [5.74, 6) is 0.329. The van der Waals surface area contributed by atoms with E-state index >= 15 is 0 Å². The Hall–Kier alpha value is -1.78. The topological polar surface area (TPSA) is 25.4 Å². The first-order valence-corrected chi connectivity index (χ1v) is 9.80. The fourth-order valence-corrected chi connectivity index (χ4v) is 4.29. The fourth-order valence-electron chi connectivity index (χ4n) is 4.29. The van der Waals surface area contributed by atoms with Gasteiger partial charge in [0, 0.05) is 49.5 Å². The van der Waals surface area contributed by atoms with Crippen LogP contribution in [0.25, 0.3) is 0 Å². The molecule has 0 spiro atoms.